The van der Waals surface area contributed by atoms with Gasteiger partial charge in [-0.15, -0.1) is 23.5 Å². The van der Waals surface area contributed by atoms with Gasteiger partial charge in [0.25, 0.3) is 0 Å². The topological polar surface area (TPSA) is 95.9 Å². The van der Waals surface area contributed by atoms with Gasteiger partial charge in [0.05, 0.1) is 16.7 Å². The first-order chi connectivity index (χ1) is 15.3. The average Bonchev–Trinajstić information content (AvgIpc) is 3.24. The Morgan fingerprint density at radius 3 is 2.56 bits per heavy atom. The van der Waals surface area contributed by atoms with Crippen molar-refractivity contribution in [3.63, 3.8) is 0 Å². The number of aliphatic carboxylic acids is 1. The number of aryl methyl sites for hydroxylation is 1. The highest BCUT2D eigenvalue weighted by atomic mass is 32.2. The van der Waals surface area contributed by atoms with E-state index in [1.165, 1.54) is 4.90 Å². The Bertz CT molecular complexity index is 801. The Morgan fingerprint density at radius 1 is 1.25 bits per heavy atom. The van der Waals surface area contributed by atoms with E-state index in [4.69, 9.17) is 4.74 Å². The summed E-state index contributed by atoms with van der Waals surface area (Å²) in [6.45, 7) is 4.12. The van der Waals surface area contributed by atoms with Crippen molar-refractivity contribution in [1.82, 2.24) is 10.2 Å². The molecular formula is C23H32N2O5S2. The number of nitrogens with zero attached hydrogens (tertiary/aromatic N) is 1. The van der Waals surface area contributed by atoms with Crippen LogP contribution in [-0.2, 0) is 25.5 Å². The monoisotopic (exact) mass is 480 g/mol. The van der Waals surface area contributed by atoms with Crippen molar-refractivity contribution in [2.45, 2.75) is 61.7 Å². The molecule has 2 N–H and O–H groups in total. The maximum atomic E-state index is 13.2. The van der Waals surface area contributed by atoms with Crippen LogP contribution in [0.3, 0.4) is 0 Å². The molecule has 2 saturated heterocycles. The Hall–Kier alpha value is -1.71. The summed E-state index contributed by atoms with van der Waals surface area (Å²) < 4.78 is 5.12. The third-order valence-electron chi connectivity index (χ3n) is 5.95. The maximum Gasteiger partial charge on any atom is 0.326 e. The van der Waals surface area contributed by atoms with Crippen LogP contribution in [0.4, 0.5) is 0 Å². The number of piperidine rings is 1. The fraction of sp³-hybridized carbons (Fsp3) is 0.609. The number of nitrogens with one attached hydrogen (secondary N) is 1. The van der Waals surface area contributed by atoms with Crippen molar-refractivity contribution in [3.05, 3.63) is 35.9 Å². The lowest BCUT2D eigenvalue weighted by atomic mass is 9.99. The van der Waals surface area contributed by atoms with Crippen LogP contribution in [0.25, 0.3) is 0 Å². The largest absolute Gasteiger partial charge is 0.480 e. The van der Waals surface area contributed by atoms with Gasteiger partial charge in [-0.1, -0.05) is 30.3 Å². The summed E-state index contributed by atoms with van der Waals surface area (Å²) in [6, 6.07) is 7.65. The number of carbonyl (C=O) groups is 3. The second kappa shape index (κ2) is 11.4. The third-order valence-corrected chi connectivity index (χ3v) is 9.53. The molecule has 2 heterocycles. The normalized spacial score (nSPS) is 21.8. The van der Waals surface area contributed by atoms with Gasteiger partial charge in [-0.3, -0.25) is 14.9 Å². The second-order valence-corrected chi connectivity index (χ2v) is 11.4. The first-order valence-electron chi connectivity index (χ1n) is 11.1. The fourth-order valence-corrected chi connectivity index (χ4v) is 7.55. The molecule has 2 aliphatic rings. The molecular weight excluding hydrogens is 448 g/mol. The van der Waals surface area contributed by atoms with Gasteiger partial charge in [0, 0.05) is 24.5 Å². The number of esters is 1. The zero-order valence-corrected chi connectivity index (χ0v) is 20.3. The Balaban J connectivity index is 1.65. The quantitative estimate of drug-likeness (QED) is 0.521. The van der Waals surface area contributed by atoms with E-state index < -0.39 is 30.1 Å². The van der Waals surface area contributed by atoms with Gasteiger partial charge in [-0.05, 0) is 38.7 Å². The molecule has 0 aromatic heterocycles. The van der Waals surface area contributed by atoms with Crippen molar-refractivity contribution in [2.75, 3.05) is 24.7 Å². The minimum absolute atomic E-state index is 0.0976. The molecule has 176 valence electrons. The molecule has 2 fully saturated rings. The van der Waals surface area contributed by atoms with E-state index in [1.54, 1.807) is 13.8 Å². The SMILES string of the molecule is CCOC(=O)[C@H](CCc1ccccc1)NC(C)C(=O)N1CCC2(C[C@H]1C(=O)O)SCCS2. The van der Waals surface area contributed by atoms with E-state index in [9.17, 15) is 19.5 Å². The van der Waals surface area contributed by atoms with Crippen molar-refractivity contribution >= 4 is 41.4 Å². The average molecular weight is 481 g/mol. The van der Waals surface area contributed by atoms with E-state index in [2.05, 4.69) is 5.32 Å². The van der Waals surface area contributed by atoms with Gasteiger partial charge in [0.2, 0.25) is 5.91 Å². The smallest absolute Gasteiger partial charge is 0.326 e. The molecule has 1 spiro atoms. The number of ether oxygens (including phenoxy) is 1. The summed E-state index contributed by atoms with van der Waals surface area (Å²) in [6.07, 6.45) is 2.38. The predicted molar refractivity (Wildman–Crippen MR) is 128 cm³/mol. The molecule has 32 heavy (non-hydrogen) atoms. The first kappa shape index (κ1) is 24.9. The number of carboxylic acid groups (broad SMARTS) is 1. The van der Waals surface area contributed by atoms with Gasteiger partial charge in [0.1, 0.15) is 12.1 Å². The molecule has 0 radical (unpaired) electrons. The Morgan fingerprint density at radius 2 is 1.94 bits per heavy atom. The molecule has 1 unspecified atom stereocenters. The van der Waals surface area contributed by atoms with Gasteiger partial charge in [-0.25, -0.2) is 4.79 Å². The highest BCUT2D eigenvalue weighted by Gasteiger charge is 2.47. The van der Waals surface area contributed by atoms with Crippen LogP contribution < -0.4 is 5.32 Å². The molecule has 1 aromatic carbocycles. The Kier molecular flexibility index (Phi) is 8.90. The number of likely N-dealkylation sites (tertiary alicyclic amines) is 1. The molecule has 1 amide bonds. The predicted octanol–water partition coefficient (Wildman–Crippen LogP) is 2.78. The molecule has 0 aliphatic carbocycles. The molecule has 1 aromatic rings. The van der Waals surface area contributed by atoms with Crippen LogP contribution in [0, 0.1) is 0 Å². The minimum atomic E-state index is -0.969. The van der Waals surface area contributed by atoms with Crippen LogP contribution in [0.15, 0.2) is 30.3 Å². The van der Waals surface area contributed by atoms with E-state index in [1.807, 2.05) is 53.9 Å². The molecule has 0 bridgehead atoms. The highest BCUT2D eigenvalue weighted by Crippen LogP contribution is 2.52. The molecule has 7 nitrogen and oxygen atoms in total. The lowest BCUT2D eigenvalue weighted by Gasteiger charge is -2.43. The van der Waals surface area contributed by atoms with Crippen molar-refractivity contribution in [1.29, 1.82) is 0 Å². The highest BCUT2D eigenvalue weighted by molar-refractivity contribution is 8.21. The van der Waals surface area contributed by atoms with Crippen LogP contribution in [-0.4, -0.2) is 74.7 Å². The fourth-order valence-electron chi connectivity index (χ4n) is 4.29. The Labute approximate surface area is 198 Å². The number of rotatable bonds is 9. The van der Waals surface area contributed by atoms with E-state index in [0.717, 1.165) is 23.5 Å². The number of hydrogen-bond acceptors (Lipinski definition) is 7. The molecule has 0 saturated carbocycles. The lowest BCUT2D eigenvalue weighted by Crippen LogP contribution is -2.59. The summed E-state index contributed by atoms with van der Waals surface area (Å²) in [5.74, 6) is 0.393. The summed E-state index contributed by atoms with van der Waals surface area (Å²) >= 11 is 3.64. The first-order valence-corrected chi connectivity index (χ1v) is 13.1. The standard InChI is InChI=1S/C23H32N2O5S2/c1-3-30-22(29)18(10-9-17-7-5-4-6-8-17)24-16(2)20(26)25-12-11-23(31-13-14-32-23)15-19(25)21(27)28/h4-8,16,18-19,24H,3,9-15H2,1-2H3,(H,27,28)/t16?,18-,19-/m0/s1. The van der Waals surface area contributed by atoms with Gasteiger partial charge in [0.15, 0.2) is 0 Å². The van der Waals surface area contributed by atoms with Crippen molar-refractivity contribution < 1.29 is 24.2 Å². The third kappa shape index (κ3) is 6.20. The van der Waals surface area contributed by atoms with Gasteiger partial charge < -0.3 is 14.7 Å². The van der Waals surface area contributed by atoms with E-state index in [0.29, 0.717) is 25.8 Å². The zero-order chi connectivity index (χ0) is 23.1. The van der Waals surface area contributed by atoms with Crippen molar-refractivity contribution in [3.8, 4) is 0 Å². The molecule has 3 rings (SSSR count). The number of carboxylic acids is 1. The van der Waals surface area contributed by atoms with E-state index >= 15 is 0 Å². The van der Waals surface area contributed by atoms with Crippen LogP contribution in [0.5, 0.6) is 0 Å². The van der Waals surface area contributed by atoms with Crippen molar-refractivity contribution in [2.24, 2.45) is 0 Å². The minimum Gasteiger partial charge on any atom is -0.480 e. The summed E-state index contributed by atoms with van der Waals surface area (Å²) in [4.78, 5) is 39.2. The zero-order valence-electron chi connectivity index (χ0n) is 18.6. The molecule has 9 heteroatoms. The number of benzene rings is 1. The summed E-state index contributed by atoms with van der Waals surface area (Å²) in [7, 11) is 0. The van der Waals surface area contributed by atoms with Crippen LogP contribution in [0.2, 0.25) is 0 Å². The van der Waals surface area contributed by atoms with Crippen LogP contribution >= 0.6 is 23.5 Å². The molecule has 3 atom stereocenters. The number of carbonyl (C=O) groups excluding carboxylic acids is 2. The molecule has 2 aliphatic heterocycles. The van der Waals surface area contributed by atoms with Crippen LogP contribution in [0.1, 0.15) is 38.7 Å². The lowest BCUT2D eigenvalue weighted by molar-refractivity contribution is -0.153. The number of amides is 1. The number of thioether (sulfide) groups is 2. The van der Waals surface area contributed by atoms with Gasteiger partial charge >= 0.3 is 11.9 Å². The summed E-state index contributed by atoms with van der Waals surface area (Å²) in [5, 5.41) is 12.9. The maximum absolute atomic E-state index is 13.2. The summed E-state index contributed by atoms with van der Waals surface area (Å²) in [5.41, 5.74) is 1.10. The second-order valence-electron chi connectivity index (χ2n) is 8.16. The number of hydrogen-bond donors (Lipinski definition) is 2. The van der Waals surface area contributed by atoms with E-state index in [-0.39, 0.29) is 16.6 Å². The van der Waals surface area contributed by atoms with Gasteiger partial charge in [-0.2, -0.15) is 0 Å².